The van der Waals surface area contributed by atoms with E-state index in [4.69, 9.17) is 0 Å². The Morgan fingerprint density at radius 3 is 2.50 bits per heavy atom. The van der Waals surface area contributed by atoms with Gasteiger partial charge in [0.25, 0.3) is 5.91 Å². The zero-order valence-electron chi connectivity index (χ0n) is 11.5. The number of hydrogen-bond donors (Lipinski definition) is 2. The van der Waals surface area contributed by atoms with Gasteiger partial charge in [-0.3, -0.25) is 15.1 Å². The summed E-state index contributed by atoms with van der Waals surface area (Å²) in [7, 11) is 0. The van der Waals surface area contributed by atoms with Gasteiger partial charge in [0.15, 0.2) is 12.3 Å². The molecule has 8 nitrogen and oxygen atoms in total. The van der Waals surface area contributed by atoms with Crippen molar-refractivity contribution in [1.82, 2.24) is 20.6 Å². The lowest BCUT2D eigenvalue weighted by Crippen LogP contribution is -2.49. The van der Waals surface area contributed by atoms with Gasteiger partial charge in [-0.2, -0.15) is 0 Å². The molecule has 0 fully saturated rings. The van der Waals surface area contributed by atoms with Crippen molar-refractivity contribution in [1.29, 1.82) is 0 Å². The fraction of sp³-hybridized carbons (Fsp3) is 0.417. The Bertz CT molecular complexity index is 496. The van der Waals surface area contributed by atoms with E-state index < -0.39 is 30.1 Å². The second-order valence-electron chi connectivity index (χ2n) is 4.92. The van der Waals surface area contributed by atoms with Gasteiger partial charge in [0.1, 0.15) is 0 Å². The van der Waals surface area contributed by atoms with Gasteiger partial charge in [-0.25, -0.2) is 14.6 Å². The van der Waals surface area contributed by atoms with Crippen LogP contribution >= 0.6 is 0 Å². The molecule has 0 bridgehead atoms. The second-order valence-corrected chi connectivity index (χ2v) is 4.92. The molecule has 1 rings (SSSR count). The van der Waals surface area contributed by atoms with Gasteiger partial charge >= 0.3 is 12.0 Å². The lowest BCUT2D eigenvalue weighted by Gasteiger charge is -2.20. The summed E-state index contributed by atoms with van der Waals surface area (Å²) >= 11 is 0. The second kappa shape index (κ2) is 6.60. The quantitative estimate of drug-likeness (QED) is 0.768. The number of imide groups is 1. The van der Waals surface area contributed by atoms with Crippen LogP contribution in [0.4, 0.5) is 4.79 Å². The van der Waals surface area contributed by atoms with Crippen LogP contribution in [0.3, 0.4) is 0 Å². The van der Waals surface area contributed by atoms with E-state index in [1.54, 1.807) is 20.8 Å². The van der Waals surface area contributed by atoms with E-state index in [1.807, 2.05) is 5.32 Å². The summed E-state index contributed by atoms with van der Waals surface area (Å²) in [6.07, 6.45) is 3.94. The molecule has 0 spiro atoms. The molecule has 0 aliphatic rings. The Morgan fingerprint density at radius 2 is 1.95 bits per heavy atom. The molecule has 0 aliphatic heterocycles. The molecular formula is C12H16N4O4. The van der Waals surface area contributed by atoms with Gasteiger partial charge in [-0.1, -0.05) is 0 Å². The zero-order chi connectivity index (χ0) is 15.2. The van der Waals surface area contributed by atoms with Crippen LogP contribution in [-0.4, -0.2) is 40.0 Å². The minimum Gasteiger partial charge on any atom is -0.451 e. The average molecular weight is 280 g/mol. The first-order valence-corrected chi connectivity index (χ1v) is 5.83. The van der Waals surface area contributed by atoms with Crippen molar-refractivity contribution in [3.8, 4) is 0 Å². The first-order chi connectivity index (χ1) is 9.28. The lowest BCUT2D eigenvalue weighted by atomic mass is 10.1. The van der Waals surface area contributed by atoms with Crippen molar-refractivity contribution in [2.75, 3.05) is 6.61 Å². The number of esters is 1. The molecule has 0 saturated carbocycles. The minimum absolute atomic E-state index is 0.0144. The van der Waals surface area contributed by atoms with Crippen LogP contribution in [0.1, 0.15) is 31.3 Å². The molecule has 2 N–H and O–H groups in total. The van der Waals surface area contributed by atoms with E-state index in [1.165, 1.54) is 18.6 Å². The maximum absolute atomic E-state index is 11.5. The van der Waals surface area contributed by atoms with Crippen molar-refractivity contribution in [3.63, 3.8) is 0 Å². The molecule has 0 unspecified atom stereocenters. The average Bonchev–Trinajstić information content (AvgIpc) is 2.34. The molecule has 20 heavy (non-hydrogen) atoms. The summed E-state index contributed by atoms with van der Waals surface area (Å²) < 4.78 is 4.69. The molecule has 0 radical (unpaired) electrons. The lowest BCUT2D eigenvalue weighted by molar-refractivity contribution is -0.123. The highest BCUT2D eigenvalue weighted by molar-refractivity contribution is 5.96. The number of urea groups is 1. The Balaban J connectivity index is 2.37. The van der Waals surface area contributed by atoms with E-state index >= 15 is 0 Å². The highest BCUT2D eigenvalue weighted by Crippen LogP contribution is 1.97. The number of rotatable bonds is 3. The Morgan fingerprint density at radius 1 is 1.25 bits per heavy atom. The van der Waals surface area contributed by atoms with Gasteiger partial charge in [0, 0.05) is 17.9 Å². The minimum atomic E-state index is -0.788. The monoisotopic (exact) mass is 280 g/mol. The van der Waals surface area contributed by atoms with Gasteiger partial charge in [0.2, 0.25) is 0 Å². The van der Waals surface area contributed by atoms with E-state index in [0.29, 0.717) is 0 Å². The summed E-state index contributed by atoms with van der Waals surface area (Å²) in [5.74, 6) is -1.52. The SMILES string of the molecule is CC(C)(C)NC(=O)NC(=O)COC(=O)c1cnccn1. The van der Waals surface area contributed by atoms with Crippen LogP contribution in [0.25, 0.3) is 0 Å². The van der Waals surface area contributed by atoms with Gasteiger partial charge in [-0.05, 0) is 20.8 Å². The van der Waals surface area contributed by atoms with Crippen LogP contribution in [0, 0.1) is 0 Å². The third-order valence-corrected chi connectivity index (χ3v) is 1.85. The number of aromatic nitrogens is 2. The molecule has 0 aliphatic carbocycles. The number of hydrogen-bond acceptors (Lipinski definition) is 6. The van der Waals surface area contributed by atoms with Crippen molar-refractivity contribution in [2.24, 2.45) is 0 Å². The Hall–Kier alpha value is -2.51. The molecule has 1 aromatic heterocycles. The number of nitrogens with zero attached hydrogens (tertiary/aromatic N) is 2. The molecule has 3 amide bonds. The number of carbonyl (C=O) groups is 3. The third-order valence-electron chi connectivity index (χ3n) is 1.85. The molecule has 0 saturated heterocycles. The summed E-state index contributed by atoms with van der Waals surface area (Å²) in [5, 5.41) is 4.58. The van der Waals surface area contributed by atoms with Crippen molar-refractivity contribution < 1.29 is 19.1 Å². The first kappa shape index (κ1) is 15.5. The fourth-order valence-electron chi connectivity index (χ4n) is 1.14. The molecule has 108 valence electrons. The highest BCUT2D eigenvalue weighted by Gasteiger charge is 2.17. The van der Waals surface area contributed by atoms with E-state index in [2.05, 4.69) is 20.0 Å². The number of ether oxygens (including phenoxy) is 1. The number of nitrogens with one attached hydrogen (secondary N) is 2. The highest BCUT2D eigenvalue weighted by atomic mass is 16.5. The third kappa shape index (κ3) is 5.89. The predicted octanol–water partition coefficient (Wildman–Crippen LogP) is 0.258. The van der Waals surface area contributed by atoms with Crippen molar-refractivity contribution >= 4 is 17.9 Å². The van der Waals surface area contributed by atoms with Crippen molar-refractivity contribution in [2.45, 2.75) is 26.3 Å². The van der Waals surface area contributed by atoms with Crippen LogP contribution in [0.2, 0.25) is 0 Å². The smallest absolute Gasteiger partial charge is 0.359 e. The van der Waals surface area contributed by atoms with Crippen LogP contribution < -0.4 is 10.6 Å². The van der Waals surface area contributed by atoms with E-state index in [-0.39, 0.29) is 5.69 Å². The van der Waals surface area contributed by atoms with Gasteiger partial charge < -0.3 is 10.1 Å². The van der Waals surface area contributed by atoms with E-state index in [0.717, 1.165) is 0 Å². The maximum atomic E-state index is 11.5. The molecule has 8 heteroatoms. The summed E-state index contributed by atoms with van der Waals surface area (Å²) in [6, 6.07) is -0.655. The standard InChI is InChI=1S/C12H16N4O4/c1-12(2,3)16-11(19)15-9(17)7-20-10(18)8-6-13-4-5-14-8/h4-6H,7H2,1-3H3,(H2,15,16,17,19). The normalized spacial score (nSPS) is 10.6. The van der Waals surface area contributed by atoms with Gasteiger partial charge in [-0.15, -0.1) is 0 Å². The summed E-state index contributed by atoms with van der Waals surface area (Å²) in [5.41, 5.74) is -0.486. The van der Waals surface area contributed by atoms with Crippen LogP contribution in [0.15, 0.2) is 18.6 Å². The van der Waals surface area contributed by atoms with Gasteiger partial charge in [0.05, 0.1) is 6.20 Å². The molecule has 1 heterocycles. The summed E-state index contributed by atoms with van der Waals surface area (Å²) in [4.78, 5) is 41.6. The summed E-state index contributed by atoms with van der Waals surface area (Å²) in [6.45, 7) is 4.73. The van der Waals surface area contributed by atoms with Crippen LogP contribution in [0.5, 0.6) is 0 Å². The van der Waals surface area contributed by atoms with Crippen molar-refractivity contribution in [3.05, 3.63) is 24.3 Å². The largest absolute Gasteiger partial charge is 0.451 e. The fourth-order valence-corrected chi connectivity index (χ4v) is 1.14. The molecule has 1 aromatic rings. The topological polar surface area (TPSA) is 110 Å². The Kier molecular flexibility index (Phi) is 5.13. The number of carbonyl (C=O) groups excluding carboxylic acids is 3. The Labute approximate surface area is 115 Å². The zero-order valence-corrected chi connectivity index (χ0v) is 11.5. The van der Waals surface area contributed by atoms with Crippen LogP contribution in [-0.2, 0) is 9.53 Å². The maximum Gasteiger partial charge on any atom is 0.359 e. The predicted molar refractivity (Wildman–Crippen MR) is 68.7 cm³/mol. The molecular weight excluding hydrogens is 264 g/mol. The number of amides is 3. The molecule has 0 atom stereocenters. The van der Waals surface area contributed by atoms with E-state index in [9.17, 15) is 14.4 Å². The molecule has 0 aromatic carbocycles. The first-order valence-electron chi connectivity index (χ1n) is 5.83.